The topological polar surface area (TPSA) is 47.3 Å². The van der Waals surface area contributed by atoms with Gasteiger partial charge in [-0.3, -0.25) is 4.79 Å². The number of hydrogen-bond donors (Lipinski definition) is 0. The normalized spacial score (nSPS) is 11.2. The standard InChI is InChI=1S/C20H19N3O/c1-14-7-8-16(19(24)20(2,3)4)12-15(14)9-10-17-13-21-18-6-5-11-22-23(17)18/h5-8,11-13H,1-4H3. The molecule has 0 spiro atoms. The molecule has 0 unspecified atom stereocenters. The molecule has 0 saturated heterocycles. The van der Waals surface area contributed by atoms with Crippen LogP contribution in [0.4, 0.5) is 0 Å². The molecule has 0 fully saturated rings. The molecule has 0 atom stereocenters. The Hall–Kier alpha value is -2.93. The average molecular weight is 317 g/mol. The maximum Gasteiger partial charge on any atom is 0.168 e. The number of Topliss-reactive ketones (excluding diaryl/α,β-unsaturated/α-hetero) is 1. The van der Waals surface area contributed by atoms with E-state index in [-0.39, 0.29) is 5.78 Å². The van der Waals surface area contributed by atoms with Gasteiger partial charge in [0, 0.05) is 22.7 Å². The van der Waals surface area contributed by atoms with Crippen LogP contribution < -0.4 is 0 Å². The molecular formula is C20H19N3O. The first-order valence-electron chi connectivity index (χ1n) is 7.82. The Balaban J connectivity index is 2.01. The van der Waals surface area contributed by atoms with E-state index in [0.29, 0.717) is 5.56 Å². The zero-order chi connectivity index (χ0) is 17.3. The summed E-state index contributed by atoms with van der Waals surface area (Å²) in [6, 6.07) is 9.39. The van der Waals surface area contributed by atoms with E-state index in [4.69, 9.17) is 0 Å². The van der Waals surface area contributed by atoms with Crippen molar-refractivity contribution in [3.05, 3.63) is 65.1 Å². The van der Waals surface area contributed by atoms with Crippen LogP contribution in [0.15, 0.2) is 42.7 Å². The molecule has 0 bridgehead atoms. The minimum Gasteiger partial charge on any atom is -0.294 e. The van der Waals surface area contributed by atoms with Gasteiger partial charge in [-0.15, -0.1) is 0 Å². The van der Waals surface area contributed by atoms with Crippen LogP contribution in [0.25, 0.3) is 5.65 Å². The maximum atomic E-state index is 12.5. The van der Waals surface area contributed by atoms with Gasteiger partial charge in [-0.1, -0.05) is 38.8 Å². The van der Waals surface area contributed by atoms with Crippen LogP contribution in [0, 0.1) is 24.2 Å². The molecule has 3 aromatic rings. The van der Waals surface area contributed by atoms with Gasteiger partial charge in [-0.25, -0.2) is 9.50 Å². The van der Waals surface area contributed by atoms with Crippen molar-refractivity contribution < 1.29 is 4.79 Å². The number of ketones is 1. The number of benzene rings is 1. The van der Waals surface area contributed by atoms with Crippen molar-refractivity contribution in [1.29, 1.82) is 0 Å². The first kappa shape index (κ1) is 15.9. The lowest BCUT2D eigenvalue weighted by atomic mass is 9.85. The first-order valence-corrected chi connectivity index (χ1v) is 7.82. The molecule has 0 N–H and O–H groups in total. The Bertz CT molecular complexity index is 981. The Morgan fingerprint density at radius 1 is 1.17 bits per heavy atom. The molecule has 3 rings (SSSR count). The van der Waals surface area contributed by atoms with Gasteiger partial charge < -0.3 is 0 Å². The van der Waals surface area contributed by atoms with Crippen LogP contribution in [0.3, 0.4) is 0 Å². The van der Waals surface area contributed by atoms with E-state index in [2.05, 4.69) is 21.9 Å². The van der Waals surface area contributed by atoms with Gasteiger partial charge in [-0.2, -0.15) is 5.10 Å². The highest BCUT2D eigenvalue weighted by molar-refractivity contribution is 6.00. The fraction of sp³-hybridized carbons (Fsp3) is 0.250. The van der Waals surface area contributed by atoms with E-state index in [1.807, 2.05) is 58.0 Å². The Labute approximate surface area is 141 Å². The molecule has 0 aliphatic rings. The third kappa shape index (κ3) is 3.07. The number of rotatable bonds is 1. The predicted octanol–water partition coefficient (Wildman–Crippen LogP) is 3.67. The summed E-state index contributed by atoms with van der Waals surface area (Å²) in [6.07, 6.45) is 3.41. The Kier molecular flexibility index (Phi) is 3.94. The van der Waals surface area contributed by atoms with Crippen molar-refractivity contribution in [1.82, 2.24) is 14.6 Å². The third-order valence-electron chi connectivity index (χ3n) is 3.78. The molecule has 2 aromatic heterocycles. The summed E-state index contributed by atoms with van der Waals surface area (Å²) in [6.45, 7) is 7.75. The molecule has 4 heteroatoms. The van der Waals surface area contributed by atoms with Gasteiger partial charge in [0.15, 0.2) is 11.4 Å². The van der Waals surface area contributed by atoms with Crippen LogP contribution in [0.2, 0.25) is 0 Å². The van der Waals surface area contributed by atoms with E-state index in [0.717, 1.165) is 22.5 Å². The summed E-state index contributed by atoms with van der Waals surface area (Å²) < 4.78 is 1.70. The molecule has 0 radical (unpaired) electrons. The lowest BCUT2D eigenvalue weighted by molar-refractivity contribution is 0.0858. The SMILES string of the molecule is Cc1ccc(C(=O)C(C)(C)C)cc1C#Cc1cnc2cccnn12. The number of carbonyl (C=O) groups is 1. The van der Waals surface area contributed by atoms with E-state index >= 15 is 0 Å². The largest absolute Gasteiger partial charge is 0.294 e. The number of hydrogen-bond acceptors (Lipinski definition) is 3. The van der Waals surface area contributed by atoms with Gasteiger partial charge >= 0.3 is 0 Å². The van der Waals surface area contributed by atoms with Crippen LogP contribution in [-0.2, 0) is 0 Å². The summed E-state index contributed by atoms with van der Waals surface area (Å²) in [4.78, 5) is 16.7. The molecule has 1 aromatic carbocycles. The highest BCUT2D eigenvalue weighted by Gasteiger charge is 2.23. The van der Waals surface area contributed by atoms with Crippen molar-refractivity contribution in [3.63, 3.8) is 0 Å². The number of nitrogens with zero attached hydrogens (tertiary/aromatic N) is 3. The van der Waals surface area contributed by atoms with E-state index in [1.165, 1.54) is 0 Å². The summed E-state index contributed by atoms with van der Waals surface area (Å²) in [5, 5.41) is 4.25. The summed E-state index contributed by atoms with van der Waals surface area (Å²) in [5.41, 5.74) is 3.64. The number of aryl methyl sites for hydroxylation is 1. The molecule has 4 nitrogen and oxygen atoms in total. The fourth-order valence-electron chi connectivity index (χ4n) is 2.38. The van der Waals surface area contributed by atoms with Gasteiger partial charge in [0.05, 0.1) is 6.20 Å². The Morgan fingerprint density at radius 2 is 1.96 bits per heavy atom. The monoisotopic (exact) mass is 317 g/mol. The quantitative estimate of drug-likeness (QED) is 0.508. The maximum absolute atomic E-state index is 12.5. The average Bonchev–Trinajstić information content (AvgIpc) is 2.96. The number of aromatic nitrogens is 3. The van der Waals surface area contributed by atoms with Gasteiger partial charge in [-0.05, 0) is 36.6 Å². The molecule has 0 aliphatic carbocycles. The van der Waals surface area contributed by atoms with Crippen molar-refractivity contribution >= 4 is 11.4 Å². The minimum atomic E-state index is -0.411. The minimum absolute atomic E-state index is 0.113. The predicted molar refractivity (Wildman–Crippen MR) is 93.9 cm³/mol. The van der Waals surface area contributed by atoms with Crippen LogP contribution >= 0.6 is 0 Å². The number of fused-ring (bicyclic) bond motifs is 1. The van der Waals surface area contributed by atoms with Crippen LogP contribution in [0.5, 0.6) is 0 Å². The number of imidazole rings is 1. The summed E-state index contributed by atoms with van der Waals surface area (Å²) >= 11 is 0. The van der Waals surface area contributed by atoms with E-state index < -0.39 is 5.41 Å². The fourth-order valence-corrected chi connectivity index (χ4v) is 2.38. The van der Waals surface area contributed by atoms with Gasteiger partial charge in [0.2, 0.25) is 0 Å². The van der Waals surface area contributed by atoms with Crippen LogP contribution in [-0.4, -0.2) is 20.4 Å². The molecule has 0 saturated carbocycles. The van der Waals surface area contributed by atoms with Crippen LogP contribution in [0.1, 0.15) is 48.0 Å². The smallest absolute Gasteiger partial charge is 0.168 e. The van der Waals surface area contributed by atoms with E-state index in [9.17, 15) is 4.79 Å². The molecule has 24 heavy (non-hydrogen) atoms. The van der Waals surface area contributed by atoms with Gasteiger partial charge in [0.25, 0.3) is 0 Å². The van der Waals surface area contributed by atoms with Crippen molar-refractivity contribution in [2.75, 3.05) is 0 Å². The zero-order valence-electron chi connectivity index (χ0n) is 14.3. The second kappa shape index (κ2) is 5.93. The first-order chi connectivity index (χ1) is 11.4. The Morgan fingerprint density at radius 3 is 2.71 bits per heavy atom. The second-order valence-electron chi connectivity index (χ2n) is 6.80. The molecular weight excluding hydrogens is 298 g/mol. The van der Waals surface area contributed by atoms with Crippen molar-refractivity contribution in [2.24, 2.45) is 5.41 Å². The zero-order valence-corrected chi connectivity index (χ0v) is 14.3. The highest BCUT2D eigenvalue weighted by Crippen LogP contribution is 2.22. The van der Waals surface area contributed by atoms with Gasteiger partial charge in [0.1, 0.15) is 5.69 Å². The summed E-state index contributed by atoms with van der Waals surface area (Å²) in [5.74, 6) is 6.37. The van der Waals surface area contributed by atoms with Crippen molar-refractivity contribution in [3.8, 4) is 11.8 Å². The lowest BCUT2D eigenvalue weighted by Gasteiger charge is -2.17. The third-order valence-corrected chi connectivity index (χ3v) is 3.78. The number of carbonyl (C=O) groups excluding carboxylic acids is 1. The lowest BCUT2D eigenvalue weighted by Crippen LogP contribution is -2.20. The van der Waals surface area contributed by atoms with Crippen molar-refractivity contribution in [2.45, 2.75) is 27.7 Å². The van der Waals surface area contributed by atoms with E-state index in [1.54, 1.807) is 16.9 Å². The second-order valence-corrected chi connectivity index (χ2v) is 6.80. The molecule has 0 amide bonds. The highest BCUT2D eigenvalue weighted by atomic mass is 16.1. The molecule has 0 aliphatic heterocycles. The molecule has 120 valence electrons. The summed E-state index contributed by atoms with van der Waals surface area (Å²) in [7, 11) is 0. The molecule has 2 heterocycles.